The highest BCUT2D eigenvalue weighted by atomic mass is 19.1. The highest BCUT2D eigenvalue weighted by Crippen LogP contribution is 2.34. The topological polar surface area (TPSA) is 82.1 Å². The summed E-state index contributed by atoms with van der Waals surface area (Å²) in [5, 5.41) is 12.5. The van der Waals surface area contributed by atoms with Gasteiger partial charge in [-0.05, 0) is 55.0 Å². The maximum absolute atomic E-state index is 14.6. The fourth-order valence-corrected chi connectivity index (χ4v) is 5.08. The molecule has 0 aliphatic carbocycles. The van der Waals surface area contributed by atoms with Gasteiger partial charge in [-0.25, -0.2) is 14.0 Å². The molecule has 2 saturated heterocycles. The van der Waals surface area contributed by atoms with Crippen LogP contribution in [0.5, 0.6) is 5.75 Å². The Morgan fingerprint density at radius 1 is 1.24 bits per heavy atom. The van der Waals surface area contributed by atoms with Crippen LogP contribution in [-0.4, -0.2) is 54.3 Å². The second-order valence-electron chi connectivity index (χ2n) is 9.72. The normalized spacial score (nSPS) is 17.9. The molecule has 0 aromatic heterocycles. The smallest absolute Gasteiger partial charge is 0.339 e. The zero-order valence-electron chi connectivity index (χ0n) is 20.2. The molecule has 2 amide bonds. The maximum atomic E-state index is 14.6. The van der Waals surface area contributed by atoms with Gasteiger partial charge in [0.25, 0.3) is 0 Å². The van der Waals surface area contributed by atoms with Crippen molar-refractivity contribution in [2.75, 3.05) is 31.6 Å². The number of urea groups is 1. The Morgan fingerprint density at radius 3 is 2.56 bits per heavy atom. The number of benzene rings is 2. The molecule has 0 atom stereocenters. The van der Waals surface area contributed by atoms with Gasteiger partial charge in [0.05, 0.1) is 19.2 Å². The van der Waals surface area contributed by atoms with Crippen molar-refractivity contribution in [3.63, 3.8) is 0 Å². The van der Waals surface area contributed by atoms with Crippen LogP contribution in [0.2, 0.25) is 0 Å². The summed E-state index contributed by atoms with van der Waals surface area (Å²) < 4.78 is 19.8. The van der Waals surface area contributed by atoms with Gasteiger partial charge in [-0.15, -0.1) is 0 Å². The van der Waals surface area contributed by atoms with E-state index in [9.17, 15) is 19.1 Å². The van der Waals surface area contributed by atoms with Crippen LogP contribution in [0.4, 0.5) is 14.9 Å². The lowest BCUT2D eigenvalue weighted by molar-refractivity contribution is 0.0693. The first-order chi connectivity index (χ1) is 16.1. The number of ether oxygens (including phenoxy) is 1. The lowest BCUT2D eigenvalue weighted by Crippen LogP contribution is -2.52. The predicted molar refractivity (Wildman–Crippen MR) is 128 cm³/mol. The van der Waals surface area contributed by atoms with Gasteiger partial charge < -0.3 is 15.2 Å². The fourth-order valence-electron chi connectivity index (χ4n) is 5.08. The number of nitrogens with zero attached hydrogens (tertiary/aromatic N) is 2. The number of nitrogens with one attached hydrogen (secondary N) is 1. The van der Waals surface area contributed by atoms with Crippen LogP contribution in [0.3, 0.4) is 0 Å². The summed E-state index contributed by atoms with van der Waals surface area (Å²) in [5.41, 5.74) is 3.16. The maximum Gasteiger partial charge on any atom is 0.339 e. The SMILES string of the molecule is COc1cc(N2CC3(CCN(Cc4cc(C(C)C)c(C)cc4F)CC3)NC2=O)ccc1C(=O)O. The Balaban J connectivity index is 1.44. The van der Waals surface area contributed by atoms with Gasteiger partial charge in [0.1, 0.15) is 17.1 Å². The zero-order chi connectivity index (χ0) is 24.6. The lowest BCUT2D eigenvalue weighted by Gasteiger charge is -2.38. The first-order valence-electron chi connectivity index (χ1n) is 11.6. The summed E-state index contributed by atoms with van der Waals surface area (Å²) in [7, 11) is 1.41. The monoisotopic (exact) mass is 469 g/mol. The van der Waals surface area contributed by atoms with Crippen molar-refractivity contribution >= 4 is 17.7 Å². The summed E-state index contributed by atoms with van der Waals surface area (Å²) in [6.45, 7) is 8.73. The van der Waals surface area contributed by atoms with Gasteiger partial charge in [-0.2, -0.15) is 0 Å². The number of methoxy groups -OCH3 is 1. The van der Waals surface area contributed by atoms with E-state index in [-0.39, 0.29) is 28.7 Å². The number of hydrogen-bond donors (Lipinski definition) is 2. The number of carbonyl (C=O) groups excluding carboxylic acids is 1. The number of carbonyl (C=O) groups is 2. The van der Waals surface area contributed by atoms with E-state index in [1.807, 2.05) is 13.0 Å². The second kappa shape index (κ2) is 9.25. The second-order valence-corrected chi connectivity index (χ2v) is 9.72. The van der Waals surface area contributed by atoms with E-state index in [1.54, 1.807) is 23.1 Å². The minimum absolute atomic E-state index is 0.0536. The average molecular weight is 470 g/mol. The van der Waals surface area contributed by atoms with Gasteiger partial charge >= 0.3 is 12.0 Å². The van der Waals surface area contributed by atoms with E-state index >= 15 is 0 Å². The molecule has 182 valence electrons. The van der Waals surface area contributed by atoms with E-state index in [0.29, 0.717) is 30.3 Å². The molecule has 0 bridgehead atoms. The molecule has 2 fully saturated rings. The number of carboxylic acid groups (broad SMARTS) is 1. The van der Waals surface area contributed by atoms with Crippen LogP contribution >= 0.6 is 0 Å². The third-order valence-corrected chi connectivity index (χ3v) is 7.07. The predicted octanol–water partition coefficient (Wildman–Crippen LogP) is 4.53. The molecule has 0 radical (unpaired) electrons. The van der Waals surface area contributed by atoms with Gasteiger partial charge in [-0.1, -0.05) is 19.9 Å². The summed E-state index contributed by atoms with van der Waals surface area (Å²) in [6.07, 6.45) is 1.51. The quantitative estimate of drug-likeness (QED) is 0.650. The summed E-state index contributed by atoms with van der Waals surface area (Å²) in [4.78, 5) is 28.1. The van der Waals surface area contributed by atoms with E-state index in [1.165, 1.54) is 18.7 Å². The standard InChI is InChI=1S/C26H32FN3O4/c1-16(2)21-12-18(22(27)11-17(21)3)14-29-9-7-26(8-10-29)15-30(25(33)28-26)19-5-6-20(24(31)32)23(13-19)34-4/h5-6,11-13,16H,7-10,14-15H2,1-4H3,(H,28,33)(H,31,32). The first-order valence-corrected chi connectivity index (χ1v) is 11.6. The minimum atomic E-state index is -1.08. The Morgan fingerprint density at radius 2 is 1.94 bits per heavy atom. The highest BCUT2D eigenvalue weighted by Gasteiger charge is 2.45. The van der Waals surface area contributed by atoms with Gasteiger partial charge in [0, 0.05) is 37.0 Å². The molecule has 2 aromatic carbocycles. The number of likely N-dealkylation sites (tertiary alicyclic amines) is 1. The van der Waals surface area contributed by atoms with Crippen LogP contribution in [0.25, 0.3) is 0 Å². The number of rotatable bonds is 6. The molecule has 2 aliphatic rings. The Labute approximate surface area is 199 Å². The summed E-state index contributed by atoms with van der Waals surface area (Å²) in [5.74, 6) is -0.689. The van der Waals surface area contributed by atoms with Crippen molar-refractivity contribution in [3.8, 4) is 5.75 Å². The van der Waals surface area contributed by atoms with Crippen LogP contribution in [0.1, 0.15) is 59.7 Å². The number of halogens is 1. The largest absolute Gasteiger partial charge is 0.496 e. The molecule has 1 spiro atoms. The molecule has 0 unspecified atom stereocenters. The van der Waals surface area contributed by atoms with E-state index in [4.69, 9.17) is 4.74 Å². The van der Waals surface area contributed by atoms with E-state index in [2.05, 4.69) is 24.1 Å². The van der Waals surface area contributed by atoms with Crippen molar-refractivity contribution in [1.29, 1.82) is 0 Å². The van der Waals surface area contributed by atoms with Crippen molar-refractivity contribution in [2.24, 2.45) is 0 Å². The Hall–Kier alpha value is -3.13. The number of amides is 2. The number of aromatic carboxylic acids is 1. The zero-order valence-corrected chi connectivity index (χ0v) is 20.2. The molecule has 34 heavy (non-hydrogen) atoms. The average Bonchev–Trinajstić information content (AvgIpc) is 3.12. The minimum Gasteiger partial charge on any atom is -0.496 e. The molecule has 2 aromatic rings. The van der Waals surface area contributed by atoms with Crippen molar-refractivity contribution in [3.05, 3.63) is 58.4 Å². The fraction of sp³-hybridized carbons (Fsp3) is 0.462. The first kappa shape index (κ1) is 24.0. The molecular weight excluding hydrogens is 437 g/mol. The van der Waals surface area contributed by atoms with E-state index in [0.717, 1.165) is 31.5 Å². The number of hydrogen-bond acceptors (Lipinski definition) is 4. The molecule has 7 nitrogen and oxygen atoms in total. The number of piperidine rings is 1. The molecule has 2 aliphatic heterocycles. The molecule has 0 saturated carbocycles. The number of carboxylic acids is 1. The summed E-state index contributed by atoms with van der Waals surface area (Å²) in [6, 6.07) is 8.10. The summed E-state index contributed by atoms with van der Waals surface area (Å²) >= 11 is 0. The lowest BCUT2D eigenvalue weighted by atomic mass is 9.88. The Bertz CT molecular complexity index is 1110. The van der Waals surface area contributed by atoms with Crippen molar-refractivity contribution in [2.45, 2.75) is 51.6 Å². The highest BCUT2D eigenvalue weighted by molar-refractivity contribution is 5.97. The van der Waals surface area contributed by atoms with E-state index < -0.39 is 5.97 Å². The van der Waals surface area contributed by atoms with Crippen LogP contribution in [-0.2, 0) is 6.54 Å². The van der Waals surface area contributed by atoms with Gasteiger partial charge in [0.2, 0.25) is 0 Å². The van der Waals surface area contributed by atoms with Crippen molar-refractivity contribution < 1.29 is 23.8 Å². The molecule has 2 heterocycles. The van der Waals surface area contributed by atoms with Crippen LogP contribution in [0.15, 0.2) is 30.3 Å². The third kappa shape index (κ3) is 4.59. The molecule has 8 heteroatoms. The third-order valence-electron chi connectivity index (χ3n) is 7.07. The van der Waals surface area contributed by atoms with Gasteiger partial charge in [-0.3, -0.25) is 9.80 Å². The number of aryl methyl sites for hydroxylation is 1. The van der Waals surface area contributed by atoms with Crippen LogP contribution < -0.4 is 15.0 Å². The molecular formula is C26H32FN3O4. The molecule has 2 N–H and O–H groups in total. The van der Waals surface area contributed by atoms with Gasteiger partial charge in [0.15, 0.2) is 0 Å². The van der Waals surface area contributed by atoms with Crippen LogP contribution in [0, 0.1) is 12.7 Å². The van der Waals surface area contributed by atoms with Crippen molar-refractivity contribution in [1.82, 2.24) is 10.2 Å². The number of anilines is 1. The molecule has 4 rings (SSSR count). The Kier molecular flexibility index (Phi) is 6.53.